The minimum Gasteiger partial charge on any atom is -0.394 e. The van der Waals surface area contributed by atoms with Crippen LogP contribution in [0.15, 0.2) is 4.90 Å². The van der Waals surface area contributed by atoms with Crippen molar-refractivity contribution in [1.82, 2.24) is 19.6 Å². The highest BCUT2D eigenvalue weighted by molar-refractivity contribution is 7.92. The van der Waals surface area contributed by atoms with E-state index in [-0.39, 0.29) is 10.7 Å². The van der Waals surface area contributed by atoms with Gasteiger partial charge in [0.1, 0.15) is 4.90 Å². The molecule has 0 saturated carbocycles. The summed E-state index contributed by atoms with van der Waals surface area (Å²) in [6, 6.07) is 0. The molecule has 0 aromatic carbocycles. The first-order valence-corrected chi connectivity index (χ1v) is 7.45. The van der Waals surface area contributed by atoms with Crippen LogP contribution < -0.4 is 10.5 Å². The molecule has 110 valence electrons. The van der Waals surface area contributed by atoms with Gasteiger partial charge >= 0.3 is 0 Å². The van der Waals surface area contributed by atoms with E-state index in [1.807, 2.05) is 0 Å². The van der Waals surface area contributed by atoms with Crippen LogP contribution in [0.25, 0.3) is 0 Å². The topological polar surface area (TPSA) is 108 Å². The molecule has 0 radical (unpaired) electrons. The minimum absolute atomic E-state index is 0.165. The molecule has 3 N–H and O–H groups in total. The van der Waals surface area contributed by atoms with E-state index in [2.05, 4.69) is 14.9 Å². The largest absolute Gasteiger partial charge is 0.394 e. The third-order valence-electron chi connectivity index (χ3n) is 3.21. The second-order valence-corrected chi connectivity index (χ2v) is 6.32. The van der Waals surface area contributed by atoms with E-state index >= 15 is 0 Å². The van der Waals surface area contributed by atoms with E-state index in [0.717, 1.165) is 0 Å². The molecule has 0 fully saturated rings. The summed E-state index contributed by atoms with van der Waals surface area (Å²) in [6.45, 7) is 5.07. The van der Waals surface area contributed by atoms with Crippen molar-refractivity contribution < 1.29 is 8.42 Å². The van der Waals surface area contributed by atoms with Crippen molar-refractivity contribution in [2.24, 2.45) is 14.1 Å². The highest BCUT2D eigenvalue weighted by atomic mass is 32.2. The van der Waals surface area contributed by atoms with Gasteiger partial charge in [0.2, 0.25) is 0 Å². The van der Waals surface area contributed by atoms with Crippen LogP contribution in [0.3, 0.4) is 0 Å². The molecule has 0 bridgehead atoms. The molecule has 2 aromatic rings. The molecule has 0 aliphatic rings. The lowest BCUT2D eigenvalue weighted by molar-refractivity contribution is 0.598. The molecular formula is C11H18N6O2S. The average molecular weight is 298 g/mol. The summed E-state index contributed by atoms with van der Waals surface area (Å²) in [5.74, 6) is 0.255. The van der Waals surface area contributed by atoms with Crippen LogP contribution in [-0.4, -0.2) is 28.0 Å². The number of sulfonamides is 1. The molecule has 0 amide bonds. The lowest BCUT2D eigenvalue weighted by Gasteiger charge is -2.09. The van der Waals surface area contributed by atoms with Gasteiger partial charge in [-0.2, -0.15) is 10.2 Å². The Bertz CT molecular complexity index is 771. The van der Waals surface area contributed by atoms with E-state index in [0.29, 0.717) is 22.8 Å². The summed E-state index contributed by atoms with van der Waals surface area (Å²) in [7, 11) is -0.432. The van der Waals surface area contributed by atoms with Gasteiger partial charge in [-0.15, -0.1) is 0 Å². The molecule has 0 atom stereocenters. The fourth-order valence-electron chi connectivity index (χ4n) is 2.12. The maximum absolute atomic E-state index is 12.5. The summed E-state index contributed by atoms with van der Waals surface area (Å²) in [5, 5.41) is 8.19. The van der Waals surface area contributed by atoms with E-state index in [9.17, 15) is 8.42 Å². The molecule has 2 heterocycles. The van der Waals surface area contributed by atoms with Crippen molar-refractivity contribution in [2.45, 2.75) is 25.7 Å². The van der Waals surface area contributed by atoms with Crippen molar-refractivity contribution in [3.63, 3.8) is 0 Å². The highest BCUT2D eigenvalue weighted by Crippen LogP contribution is 2.26. The van der Waals surface area contributed by atoms with E-state index in [4.69, 9.17) is 5.73 Å². The number of hydrogen-bond acceptors (Lipinski definition) is 5. The normalized spacial score (nSPS) is 11.8. The quantitative estimate of drug-likeness (QED) is 0.856. The van der Waals surface area contributed by atoms with Gasteiger partial charge < -0.3 is 5.73 Å². The fraction of sp³-hybridized carbons (Fsp3) is 0.455. The van der Waals surface area contributed by atoms with Crippen LogP contribution in [0.5, 0.6) is 0 Å². The van der Waals surface area contributed by atoms with E-state index < -0.39 is 10.0 Å². The van der Waals surface area contributed by atoms with Crippen molar-refractivity contribution >= 4 is 21.5 Å². The predicted molar refractivity (Wildman–Crippen MR) is 75.8 cm³/mol. The average Bonchev–Trinajstić information content (AvgIpc) is 2.70. The molecule has 9 heteroatoms. The first kappa shape index (κ1) is 14.4. The number of hydrogen-bond donors (Lipinski definition) is 2. The molecule has 0 aliphatic heterocycles. The van der Waals surface area contributed by atoms with Crippen molar-refractivity contribution in [3.05, 3.63) is 17.1 Å². The van der Waals surface area contributed by atoms with E-state index in [1.165, 1.54) is 9.36 Å². The Hall–Kier alpha value is -2.03. The first-order chi connectivity index (χ1) is 9.15. The summed E-state index contributed by atoms with van der Waals surface area (Å²) in [6.07, 6.45) is 0. The highest BCUT2D eigenvalue weighted by Gasteiger charge is 2.26. The summed E-state index contributed by atoms with van der Waals surface area (Å²) >= 11 is 0. The SMILES string of the molecule is Cc1nn(C)c(NS(=O)(=O)c2c(C)nn(C)c2C)c1N. The Kier molecular flexibility index (Phi) is 3.24. The zero-order chi connectivity index (χ0) is 15.2. The van der Waals surface area contributed by atoms with Crippen molar-refractivity contribution in [1.29, 1.82) is 0 Å². The number of aryl methyl sites for hydroxylation is 4. The molecule has 2 aromatic heterocycles. The summed E-state index contributed by atoms with van der Waals surface area (Å²) in [5.41, 5.74) is 7.73. The van der Waals surface area contributed by atoms with Gasteiger partial charge in [0, 0.05) is 14.1 Å². The number of nitrogen functional groups attached to an aromatic ring is 1. The van der Waals surface area contributed by atoms with Crippen LogP contribution in [0, 0.1) is 20.8 Å². The lowest BCUT2D eigenvalue weighted by atomic mass is 10.4. The standard InChI is InChI=1S/C11H18N6O2S/c1-6-9(12)11(17(5)13-6)15-20(18,19)10-7(2)14-16(4)8(10)3/h15H,12H2,1-5H3. The van der Waals surface area contributed by atoms with Gasteiger partial charge in [-0.3, -0.25) is 9.40 Å². The Balaban J connectivity index is 2.52. The number of anilines is 2. The van der Waals surface area contributed by atoms with Crippen LogP contribution in [-0.2, 0) is 24.1 Å². The maximum Gasteiger partial charge on any atom is 0.266 e. The van der Waals surface area contributed by atoms with E-state index in [1.54, 1.807) is 34.9 Å². The Morgan fingerprint density at radius 3 is 2.00 bits per heavy atom. The Labute approximate surface area is 117 Å². The van der Waals surface area contributed by atoms with Gasteiger partial charge in [-0.05, 0) is 20.8 Å². The zero-order valence-electron chi connectivity index (χ0n) is 12.1. The van der Waals surface area contributed by atoms with Crippen molar-refractivity contribution in [3.8, 4) is 0 Å². The Morgan fingerprint density at radius 2 is 1.60 bits per heavy atom. The van der Waals surface area contributed by atoms with Crippen LogP contribution in [0.2, 0.25) is 0 Å². The first-order valence-electron chi connectivity index (χ1n) is 5.97. The number of nitrogens with zero attached hydrogens (tertiary/aromatic N) is 4. The molecule has 20 heavy (non-hydrogen) atoms. The second kappa shape index (κ2) is 4.51. The number of nitrogens with one attached hydrogen (secondary N) is 1. The van der Waals surface area contributed by atoms with Crippen LogP contribution in [0.1, 0.15) is 17.1 Å². The van der Waals surface area contributed by atoms with Crippen LogP contribution >= 0.6 is 0 Å². The molecule has 0 aliphatic carbocycles. The third-order valence-corrected chi connectivity index (χ3v) is 4.80. The molecule has 0 spiro atoms. The van der Waals surface area contributed by atoms with Gasteiger partial charge in [0.15, 0.2) is 5.82 Å². The monoisotopic (exact) mass is 298 g/mol. The van der Waals surface area contributed by atoms with Gasteiger partial charge in [-0.25, -0.2) is 13.1 Å². The number of nitrogens with two attached hydrogens (primary N) is 1. The second-order valence-electron chi connectivity index (χ2n) is 4.70. The molecule has 0 unspecified atom stereocenters. The number of rotatable bonds is 3. The fourth-order valence-corrected chi connectivity index (χ4v) is 3.67. The Morgan fingerprint density at radius 1 is 1.05 bits per heavy atom. The van der Waals surface area contributed by atoms with Gasteiger partial charge in [-0.1, -0.05) is 0 Å². The number of aromatic nitrogens is 4. The molecule has 0 saturated heterocycles. The van der Waals surface area contributed by atoms with Crippen molar-refractivity contribution in [2.75, 3.05) is 10.5 Å². The molecule has 8 nitrogen and oxygen atoms in total. The van der Waals surface area contributed by atoms with Crippen LogP contribution in [0.4, 0.5) is 11.5 Å². The zero-order valence-corrected chi connectivity index (χ0v) is 12.9. The third kappa shape index (κ3) is 2.13. The molecule has 2 rings (SSSR count). The van der Waals surface area contributed by atoms with Gasteiger partial charge in [0.05, 0.1) is 22.8 Å². The predicted octanol–water partition coefficient (Wildman–Crippen LogP) is 0.462. The molecular weight excluding hydrogens is 280 g/mol. The maximum atomic E-state index is 12.5. The minimum atomic E-state index is -3.76. The summed E-state index contributed by atoms with van der Waals surface area (Å²) in [4.78, 5) is 0.165. The summed E-state index contributed by atoms with van der Waals surface area (Å²) < 4.78 is 30.4. The van der Waals surface area contributed by atoms with Gasteiger partial charge in [0.25, 0.3) is 10.0 Å². The smallest absolute Gasteiger partial charge is 0.266 e. The lowest BCUT2D eigenvalue weighted by Crippen LogP contribution is -2.17.